The number of aromatic nitrogens is 2. The molecule has 0 amide bonds. The van der Waals surface area contributed by atoms with Gasteiger partial charge in [-0.05, 0) is 20.3 Å². The minimum Gasteiger partial charge on any atom is -0.481 e. The molecule has 2 N–H and O–H groups in total. The van der Waals surface area contributed by atoms with Crippen molar-refractivity contribution in [2.45, 2.75) is 32.2 Å². The van der Waals surface area contributed by atoms with Gasteiger partial charge in [-0.25, -0.2) is 4.98 Å². The molecular weight excluding hydrogens is 258 g/mol. The van der Waals surface area contributed by atoms with E-state index in [1.54, 1.807) is 0 Å². The van der Waals surface area contributed by atoms with Gasteiger partial charge in [-0.15, -0.1) is 0 Å². The zero-order valence-corrected chi connectivity index (χ0v) is 11.3. The molecule has 0 bridgehead atoms. The van der Waals surface area contributed by atoms with Crippen molar-refractivity contribution in [2.24, 2.45) is 0 Å². The first-order valence-corrected chi connectivity index (χ1v) is 5.78. The lowest BCUT2D eigenvalue weighted by molar-refractivity contribution is -0.137. The Bertz CT molecular complexity index is 438. The fraction of sp³-hybridized carbons (Fsp3) is 0.545. The molecule has 0 aliphatic rings. The number of hydrogen-bond acceptors (Lipinski definition) is 5. The van der Waals surface area contributed by atoms with Crippen LogP contribution >= 0.6 is 11.6 Å². The number of hydrogen-bond donors (Lipinski definition) is 2. The summed E-state index contributed by atoms with van der Waals surface area (Å²) in [5.74, 6) is -0.407. The van der Waals surface area contributed by atoms with E-state index >= 15 is 0 Å². The molecule has 7 heteroatoms. The van der Waals surface area contributed by atoms with Gasteiger partial charge in [-0.1, -0.05) is 11.6 Å². The third-order valence-corrected chi connectivity index (χ3v) is 2.60. The normalized spacial score (nSPS) is 11.1. The second kappa shape index (κ2) is 5.86. The fourth-order valence-electron chi connectivity index (χ4n) is 1.34. The number of carbonyl (C=O) groups is 1. The third kappa shape index (κ3) is 4.37. The Morgan fingerprint density at radius 2 is 2.28 bits per heavy atom. The number of methoxy groups -OCH3 is 1. The van der Waals surface area contributed by atoms with E-state index in [0.29, 0.717) is 17.3 Å². The molecule has 0 fully saturated rings. The number of ether oxygens (including phenoxy) is 1. The molecule has 0 atom stereocenters. The predicted octanol–water partition coefficient (Wildman–Crippen LogP) is 2.19. The Morgan fingerprint density at radius 1 is 1.61 bits per heavy atom. The molecule has 6 nitrogen and oxygen atoms in total. The van der Waals surface area contributed by atoms with Crippen LogP contribution < -0.4 is 10.1 Å². The molecular formula is C11H16ClN3O3. The third-order valence-electron chi connectivity index (χ3n) is 2.33. The van der Waals surface area contributed by atoms with Gasteiger partial charge in [-0.3, -0.25) is 4.79 Å². The molecule has 0 aliphatic heterocycles. The smallest absolute Gasteiger partial charge is 0.318 e. The van der Waals surface area contributed by atoms with Crippen molar-refractivity contribution in [3.8, 4) is 6.01 Å². The van der Waals surface area contributed by atoms with E-state index < -0.39 is 11.5 Å². The summed E-state index contributed by atoms with van der Waals surface area (Å²) in [4.78, 5) is 18.5. The first kappa shape index (κ1) is 14.5. The molecule has 1 aromatic heterocycles. The number of halogens is 1. The molecule has 18 heavy (non-hydrogen) atoms. The summed E-state index contributed by atoms with van der Waals surface area (Å²) in [6.07, 6.45) is 1.95. The average Bonchev–Trinajstić information content (AvgIpc) is 2.29. The molecule has 0 unspecified atom stereocenters. The summed E-state index contributed by atoms with van der Waals surface area (Å²) in [6.45, 7) is 3.75. The van der Waals surface area contributed by atoms with E-state index in [9.17, 15) is 4.79 Å². The number of carboxylic acids is 1. The highest BCUT2D eigenvalue weighted by molar-refractivity contribution is 6.32. The second-order valence-electron chi connectivity index (χ2n) is 4.46. The Hall–Kier alpha value is -1.56. The van der Waals surface area contributed by atoms with Crippen LogP contribution in [-0.2, 0) is 4.79 Å². The summed E-state index contributed by atoms with van der Waals surface area (Å²) < 4.78 is 4.91. The van der Waals surface area contributed by atoms with Gasteiger partial charge < -0.3 is 15.2 Å². The lowest BCUT2D eigenvalue weighted by Crippen LogP contribution is -2.32. The molecule has 1 heterocycles. The molecule has 0 spiro atoms. The largest absolute Gasteiger partial charge is 0.481 e. The van der Waals surface area contributed by atoms with Crippen molar-refractivity contribution < 1.29 is 14.6 Å². The van der Waals surface area contributed by atoms with E-state index in [2.05, 4.69) is 15.3 Å². The van der Waals surface area contributed by atoms with Gasteiger partial charge in [0, 0.05) is 12.0 Å². The zero-order valence-electron chi connectivity index (χ0n) is 10.5. The van der Waals surface area contributed by atoms with Crippen LogP contribution in [0.5, 0.6) is 6.01 Å². The lowest BCUT2D eigenvalue weighted by atomic mass is 9.98. The van der Waals surface area contributed by atoms with Gasteiger partial charge in [0.25, 0.3) is 0 Å². The maximum atomic E-state index is 10.6. The summed E-state index contributed by atoms with van der Waals surface area (Å²) in [7, 11) is 1.46. The summed E-state index contributed by atoms with van der Waals surface area (Å²) in [6, 6.07) is 0.205. The first-order valence-electron chi connectivity index (χ1n) is 5.40. The van der Waals surface area contributed by atoms with Crippen LogP contribution in [0, 0.1) is 0 Å². The van der Waals surface area contributed by atoms with Crippen molar-refractivity contribution in [1.82, 2.24) is 9.97 Å². The SMILES string of the molecule is COc1ncc(Cl)c(NC(C)(C)CCC(=O)O)n1. The lowest BCUT2D eigenvalue weighted by Gasteiger charge is -2.26. The van der Waals surface area contributed by atoms with E-state index in [-0.39, 0.29) is 12.4 Å². The number of carboxylic acid groups (broad SMARTS) is 1. The van der Waals surface area contributed by atoms with Crippen molar-refractivity contribution >= 4 is 23.4 Å². The summed E-state index contributed by atoms with van der Waals surface area (Å²) >= 11 is 5.96. The molecule has 0 saturated carbocycles. The van der Waals surface area contributed by atoms with Gasteiger partial charge in [0.2, 0.25) is 0 Å². The van der Waals surface area contributed by atoms with Gasteiger partial charge >= 0.3 is 12.0 Å². The van der Waals surface area contributed by atoms with Crippen LogP contribution in [0.1, 0.15) is 26.7 Å². The highest BCUT2D eigenvalue weighted by Gasteiger charge is 2.21. The van der Waals surface area contributed by atoms with Gasteiger partial charge in [0.1, 0.15) is 5.02 Å². The van der Waals surface area contributed by atoms with Crippen LogP contribution in [0.15, 0.2) is 6.20 Å². The minimum atomic E-state index is -0.837. The standard InChI is InChI=1S/C11H16ClN3O3/c1-11(2,5-4-8(16)17)15-9-7(12)6-13-10(14-9)18-3/h6H,4-5H2,1-3H3,(H,16,17)(H,13,14,15). The molecule has 0 saturated heterocycles. The molecule has 1 aromatic rings. The molecule has 0 aliphatic carbocycles. The fourth-order valence-corrected chi connectivity index (χ4v) is 1.48. The molecule has 0 radical (unpaired) electrons. The number of anilines is 1. The van der Waals surface area contributed by atoms with E-state index in [0.717, 1.165) is 0 Å². The number of nitrogens with zero attached hydrogens (tertiary/aromatic N) is 2. The van der Waals surface area contributed by atoms with Crippen LogP contribution in [0.2, 0.25) is 5.02 Å². The van der Waals surface area contributed by atoms with E-state index in [1.807, 2.05) is 13.8 Å². The Labute approximate surface area is 110 Å². The highest BCUT2D eigenvalue weighted by Crippen LogP contribution is 2.25. The van der Waals surface area contributed by atoms with Crippen molar-refractivity contribution in [2.75, 3.05) is 12.4 Å². The topological polar surface area (TPSA) is 84.3 Å². The quantitative estimate of drug-likeness (QED) is 0.826. The first-order chi connectivity index (χ1) is 8.34. The Morgan fingerprint density at radius 3 is 2.83 bits per heavy atom. The van der Waals surface area contributed by atoms with Gasteiger partial charge in [-0.2, -0.15) is 4.98 Å². The van der Waals surface area contributed by atoms with Gasteiger partial charge in [0.05, 0.1) is 13.3 Å². The number of rotatable bonds is 6. The van der Waals surface area contributed by atoms with Crippen LogP contribution in [0.3, 0.4) is 0 Å². The maximum absolute atomic E-state index is 10.6. The van der Waals surface area contributed by atoms with Crippen LogP contribution in [0.4, 0.5) is 5.82 Å². The molecule has 1 rings (SSSR count). The predicted molar refractivity (Wildman–Crippen MR) is 68.2 cm³/mol. The summed E-state index contributed by atoms with van der Waals surface area (Å²) in [5.41, 5.74) is -0.443. The number of nitrogens with one attached hydrogen (secondary N) is 1. The van der Waals surface area contributed by atoms with Crippen molar-refractivity contribution in [3.05, 3.63) is 11.2 Å². The van der Waals surface area contributed by atoms with E-state index in [1.165, 1.54) is 13.3 Å². The van der Waals surface area contributed by atoms with Gasteiger partial charge in [0.15, 0.2) is 5.82 Å². The van der Waals surface area contributed by atoms with Crippen LogP contribution in [0.25, 0.3) is 0 Å². The zero-order chi connectivity index (χ0) is 13.8. The minimum absolute atomic E-state index is 0.0693. The maximum Gasteiger partial charge on any atom is 0.318 e. The Kier molecular flexibility index (Phi) is 4.72. The number of aliphatic carboxylic acids is 1. The van der Waals surface area contributed by atoms with E-state index in [4.69, 9.17) is 21.4 Å². The van der Waals surface area contributed by atoms with Crippen molar-refractivity contribution in [3.63, 3.8) is 0 Å². The van der Waals surface area contributed by atoms with Crippen molar-refractivity contribution in [1.29, 1.82) is 0 Å². The average molecular weight is 274 g/mol. The monoisotopic (exact) mass is 273 g/mol. The highest BCUT2D eigenvalue weighted by atomic mass is 35.5. The molecule has 100 valence electrons. The summed E-state index contributed by atoms with van der Waals surface area (Å²) in [5, 5.41) is 12.1. The second-order valence-corrected chi connectivity index (χ2v) is 4.86. The molecule has 0 aromatic carbocycles. The Balaban J connectivity index is 2.79. The van der Waals surface area contributed by atoms with Crippen LogP contribution in [-0.4, -0.2) is 33.7 Å².